The number of aryl methyl sites for hydroxylation is 1. The third kappa shape index (κ3) is 1.48. The molecule has 0 atom stereocenters. The van der Waals surface area contributed by atoms with Crippen LogP contribution in [-0.4, -0.2) is 20.8 Å². The molecule has 0 N–H and O–H groups in total. The molecule has 0 radical (unpaired) electrons. The first kappa shape index (κ1) is 9.14. The average molecular weight is 256 g/mol. The highest BCUT2D eigenvalue weighted by Crippen LogP contribution is 2.16. The summed E-state index contributed by atoms with van der Waals surface area (Å²) in [4.78, 5) is 11.7. The summed E-state index contributed by atoms with van der Waals surface area (Å²) in [5.74, 6) is 0.0328. The highest BCUT2D eigenvalue weighted by molar-refractivity contribution is 9.10. The molecule has 0 bridgehead atoms. The van der Waals surface area contributed by atoms with E-state index in [0.717, 1.165) is 0 Å². The van der Waals surface area contributed by atoms with Crippen LogP contribution in [-0.2, 0) is 7.05 Å². The van der Waals surface area contributed by atoms with Crippen LogP contribution in [0.2, 0.25) is 0 Å². The Hall–Kier alpha value is -1.43. The zero-order valence-corrected chi connectivity index (χ0v) is 8.85. The fourth-order valence-electron chi connectivity index (χ4n) is 1.06. The van der Waals surface area contributed by atoms with Gasteiger partial charge in [-0.15, -0.1) is 5.10 Å². The van der Waals surface area contributed by atoms with Crippen molar-refractivity contribution in [3.05, 3.63) is 34.5 Å². The Morgan fingerprint density at radius 2 is 2.36 bits per heavy atom. The maximum atomic E-state index is 11.7. The summed E-state index contributed by atoms with van der Waals surface area (Å²) in [6.07, 6.45) is 1.40. The molecule has 6 heteroatoms. The van der Waals surface area contributed by atoms with Gasteiger partial charge in [0.25, 0.3) is 0 Å². The lowest BCUT2D eigenvalue weighted by molar-refractivity contribution is 0.0999. The normalized spacial score (nSPS) is 10.4. The number of carbonyl (C=O) groups excluding carboxylic acids is 1. The van der Waals surface area contributed by atoms with Crippen LogP contribution in [0.4, 0.5) is 0 Å². The Bertz CT molecular complexity index is 474. The van der Waals surface area contributed by atoms with E-state index in [1.54, 1.807) is 19.2 Å². The quantitative estimate of drug-likeness (QED) is 0.762. The number of furan rings is 1. The third-order valence-corrected chi connectivity index (χ3v) is 2.17. The predicted molar refractivity (Wildman–Crippen MR) is 50.8 cm³/mol. The van der Waals surface area contributed by atoms with Crippen LogP contribution in [0.15, 0.2) is 27.4 Å². The molecule has 0 spiro atoms. The molecule has 0 unspecified atom stereocenters. The molecule has 72 valence electrons. The summed E-state index contributed by atoms with van der Waals surface area (Å²) in [6, 6.07) is 3.26. The van der Waals surface area contributed by atoms with Gasteiger partial charge in [0.2, 0.25) is 5.78 Å². The maximum Gasteiger partial charge on any atom is 0.247 e. The van der Waals surface area contributed by atoms with E-state index in [1.807, 2.05) is 0 Å². The van der Waals surface area contributed by atoms with Gasteiger partial charge in [-0.2, -0.15) is 0 Å². The number of hydrogen-bond donors (Lipinski definition) is 0. The molecule has 0 saturated heterocycles. The fraction of sp³-hybridized carbons (Fsp3) is 0.125. The van der Waals surface area contributed by atoms with Gasteiger partial charge in [0.1, 0.15) is 5.69 Å². The van der Waals surface area contributed by atoms with Crippen molar-refractivity contribution in [3.8, 4) is 0 Å². The van der Waals surface area contributed by atoms with E-state index in [9.17, 15) is 4.79 Å². The van der Waals surface area contributed by atoms with Crippen molar-refractivity contribution < 1.29 is 9.21 Å². The first-order chi connectivity index (χ1) is 6.68. The van der Waals surface area contributed by atoms with Crippen molar-refractivity contribution in [2.75, 3.05) is 0 Å². The first-order valence-electron chi connectivity index (χ1n) is 3.83. The number of nitrogens with zero attached hydrogens (tertiary/aromatic N) is 3. The summed E-state index contributed by atoms with van der Waals surface area (Å²) < 4.78 is 7.05. The van der Waals surface area contributed by atoms with Gasteiger partial charge in [-0.3, -0.25) is 4.79 Å². The van der Waals surface area contributed by atoms with Crippen LogP contribution in [0, 0.1) is 0 Å². The Kier molecular flexibility index (Phi) is 2.20. The lowest BCUT2D eigenvalue weighted by atomic mass is 10.2. The number of carbonyl (C=O) groups is 1. The molecular weight excluding hydrogens is 250 g/mol. The summed E-state index contributed by atoms with van der Waals surface area (Å²) >= 11 is 3.13. The van der Waals surface area contributed by atoms with Crippen LogP contribution < -0.4 is 0 Å². The van der Waals surface area contributed by atoms with E-state index in [0.29, 0.717) is 10.4 Å². The third-order valence-electron chi connectivity index (χ3n) is 1.74. The van der Waals surface area contributed by atoms with Crippen molar-refractivity contribution in [1.82, 2.24) is 15.0 Å². The number of aromatic nitrogens is 3. The number of halogens is 1. The predicted octanol–water partition coefficient (Wildman–Crippen LogP) is 1.40. The van der Waals surface area contributed by atoms with Gasteiger partial charge < -0.3 is 4.42 Å². The average Bonchev–Trinajstić information content (AvgIpc) is 2.73. The zero-order chi connectivity index (χ0) is 10.1. The van der Waals surface area contributed by atoms with Crippen LogP contribution in [0.25, 0.3) is 0 Å². The molecule has 0 aliphatic heterocycles. The van der Waals surface area contributed by atoms with Crippen molar-refractivity contribution in [2.24, 2.45) is 7.05 Å². The van der Waals surface area contributed by atoms with Gasteiger partial charge in [-0.25, -0.2) is 4.68 Å². The largest absolute Gasteiger partial charge is 0.446 e. The van der Waals surface area contributed by atoms with Crippen LogP contribution in [0.3, 0.4) is 0 Å². The highest BCUT2D eigenvalue weighted by atomic mass is 79.9. The summed E-state index contributed by atoms with van der Waals surface area (Å²) in [6.45, 7) is 0. The van der Waals surface area contributed by atoms with E-state index in [-0.39, 0.29) is 11.5 Å². The molecule has 2 rings (SSSR count). The minimum absolute atomic E-state index is 0.233. The molecule has 0 aromatic carbocycles. The smallest absolute Gasteiger partial charge is 0.247 e. The number of ketones is 1. The molecule has 2 aromatic rings. The minimum Gasteiger partial charge on any atom is -0.446 e. The summed E-state index contributed by atoms with van der Waals surface area (Å²) in [5, 5.41) is 7.28. The summed E-state index contributed by atoms with van der Waals surface area (Å²) in [7, 11) is 1.65. The standard InChI is InChI=1S/C8H6BrN3O2/c1-12-5(4-10-11-12)8(13)6-2-3-7(9)14-6/h2-4H,1H3. The molecule has 0 aliphatic carbocycles. The molecule has 2 aromatic heterocycles. The molecule has 0 saturated carbocycles. The van der Waals surface area contributed by atoms with Gasteiger partial charge in [-0.1, -0.05) is 5.21 Å². The van der Waals surface area contributed by atoms with E-state index in [4.69, 9.17) is 4.42 Å². The van der Waals surface area contributed by atoms with Gasteiger partial charge in [0.15, 0.2) is 10.4 Å². The monoisotopic (exact) mass is 255 g/mol. The van der Waals surface area contributed by atoms with E-state index in [2.05, 4.69) is 26.2 Å². The second-order valence-electron chi connectivity index (χ2n) is 2.68. The number of hydrogen-bond acceptors (Lipinski definition) is 4. The molecule has 2 heterocycles. The molecule has 0 fully saturated rings. The topological polar surface area (TPSA) is 60.9 Å². The van der Waals surface area contributed by atoms with Gasteiger partial charge in [-0.05, 0) is 28.1 Å². The van der Waals surface area contributed by atoms with Crippen molar-refractivity contribution in [1.29, 1.82) is 0 Å². The number of rotatable bonds is 2. The molecular formula is C8H6BrN3O2. The Morgan fingerprint density at radius 3 is 2.86 bits per heavy atom. The fourth-order valence-corrected chi connectivity index (χ4v) is 1.36. The SMILES string of the molecule is Cn1nncc1C(=O)c1ccc(Br)o1. The molecule has 0 amide bonds. The molecule has 5 nitrogen and oxygen atoms in total. The molecule has 0 aliphatic rings. The Labute approximate surface area is 87.8 Å². The highest BCUT2D eigenvalue weighted by Gasteiger charge is 2.16. The van der Waals surface area contributed by atoms with E-state index in [1.165, 1.54) is 10.9 Å². The second kappa shape index (κ2) is 3.38. The van der Waals surface area contributed by atoms with Crippen molar-refractivity contribution in [2.45, 2.75) is 0 Å². The maximum absolute atomic E-state index is 11.7. The van der Waals surface area contributed by atoms with Gasteiger partial charge in [0.05, 0.1) is 6.20 Å². The minimum atomic E-state index is -0.233. The Morgan fingerprint density at radius 1 is 1.57 bits per heavy atom. The van der Waals surface area contributed by atoms with E-state index < -0.39 is 0 Å². The van der Waals surface area contributed by atoms with Crippen LogP contribution >= 0.6 is 15.9 Å². The lowest BCUT2D eigenvalue weighted by Gasteiger charge is -1.95. The first-order valence-corrected chi connectivity index (χ1v) is 4.62. The van der Waals surface area contributed by atoms with Crippen LogP contribution in [0.5, 0.6) is 0 Å². The zero-order valence-electron chi connectivity index (χ0n) is 7.27. The van der Waals surface area contributed by atoms with Crippen LogP contribution in [0.1, 0.15) is 16.2 Å². The van der Waals surface area contributed by atoms with E-state index >= 15 is 0 Å². The van der Waals surface area contributed by atoms with Gasteiger partial charge in [0, 0.05) is 7.05 Å². The van der Waals surface area contributed by atoms with Crippen molar-refractivity contribution >= 4 is 21.7 Å². The Balaban J connectivity index is 2.38. The lowest BCUT2D eigenvalue weighted by Crippen LogP contribution is -2.07. The van der Waals surface area contributed by atoms with Gasteiger partial charge >= 0.3 is 0 Å². The summed E-state index contributed by atoms with van der Waals surface area (Å²) in [5.41, 5.74) is 0.395. The molecule has 14 heavy (non-hydrogen) atoms. The second-order valence-corrected chi connectivity index (χ2v) is 3.46. The van der Waals surface area contributed by atoms with Crippen molar-refractivity contribution in [3.63, 3.8) is 0 Å².